The maximum atomic E-state index is 2.33. The van der Waals surface area contributed by atoms with Gasteiger partial charge in [-0.3, -0.25) is 0 Å². The highest BCUT2D eigenvalue weighted by molar-refractivity contribution is 6.04. The third-order valence-electron chi connectivity index (χ3n) is 4.38. The third kappa shape index (κ3) is 1.99. The SMILES string of the molecule is CC1=C(c2ccccc2)[CH]c2cccc(C3=CC=CC3)c21. The molecular weight excluding hydrogens is 252 g/mol. The van der Waals surface area contributed by atoms with E-state index in [4.69, 9.17) is 0 Å². The van der Waals surface area contributed by atoms with Crippen molar-refractivity contribution >= 4 is 16.7 Å². The highest BCUT2D eigenvalue weighted by Crippen LogP contribution is 2.43. The van der Waals surface area contributed by atoms with Crippen LogP contribution in [-0.4, -0.2) is 0 Å². The smallest absolute Gasteiger partial charge is 0.0214 e. The first kappa shape index (κ1) is 12.4. The number of allylic oxidation sites excluding steroid dienone is 6. The fraction of sp³-hybridized carbons (Fsp3) is 0.0952. The van der Waals surface area contributed by atoms with Gasteiger partial charge in [0, 0.05) is 6.42 Å². The van der Waals surface area contributed by atoms with Gasteiger partial charge >= 0.3 is 0 Å². The quantitative estimate of drug-likeness (QED) is 0.672. The molecule has 0 nitrogen and oxygen atoms in total. The molecule has 0 spiro atoms. The highest BCUT2D eigenvalue weighted by atomic mass is 14.3. The van der Waals surface area contributed by atoms with E-state index in [1.807, 2.05) is 0 Å². The predicted molar refractivity (Wildman–Crippen MR) is 90.5 cm³/mol. The average molecular weight is 269 g/mol. The van der Waals surface area contributed by atoms with Crippen LogP contribution in [0.2, 0.25) is 0 Å². The number of rotatable bonds is 2. The minimum absolute atomic E-state index is 1.05. The first-order valence-corrected chi connectivity index (χ1v) is 7.45. The standard InChI is InChI=1S/C21H17/c1-15-20(17-8-3-2-4-9-17)14-18-12-7-13-19(21(15)18)16-10-5-6-11-16/h2-10,12-14H,11H2,1H3. The van der Waals surface area contributed by atoms with Gasteiger partial charge in [-0.1, -0.05) is 66.8 Å². The molecule has 0 bridgehead atoms. The number of fused-ring (bicyclic) bond motifs is 1. The number of benzene rings is 2. The molecule has 0 saturated carbocycles. The van der Waals surface area contributed by atoms with Crippen LogP contribution in [0.4, 0.5) is 0 Å². The van der Waals surface area contributed by atoms with E-state index in [-0.39, 0.29) is 0 Å². The molecule has 2 aromatic carbocycles. The van der Waals surface area contributed by atoms with Gasteiger partial charge in [0.15, 0.2) is 0 Å². The lowest BCUT2D eigenvalue weighted by molar-refractivity contribution is 1.39. The molecule has 101 valence electrons. The summed E-state index contributed by atoms with van der Waals surface area (Å²) in [6.07, 6.45) is 10.00. The maximum absolute atomic E-state index is 2.33. The van der Waals surface area contributed by atoms with Crippen molar-refractivity contribution in [1.82, 2.24) is 0 Å². The van der Waals surface area contributed by atoms with Crippen LogP contribution in [-0.2, 0) is 0 Å². The Morgan fingerprint density at radius 3 is 2.52 bits per heavy atom. The Kier molecular flexibility index (Phi) is 2.89. The zero-order valence-electron chi connectivity index (χ0n) is 12.1. The second-order valence-corrected chi connectivity index (χ2v) is 5.64. The van der Waals surface area contributed by atoms with Crippen LogP contribution in [0.15, 0.2) is 66.8 Å². The molecule has 0 saturated heterocycles. The lowest BCUT2D eigenvalue weighted by atomic mass is 9.93. The van der Waals surface area contributed by atoms with Crippen LogP contribution in [0.5, 0.6) is 0 Å². The highest BCUT2D eigenvalue weighted by Gasteiger charge is 2.23. The van der Waals surface area contributed by atoms with Crippen LogP contribution in [0.1, 0.15) is 35.6 Å². The lowest BCUT2D eigenvalue weighted by Gasteiger charge is -2.11. The summed E-state index contributed by atoms with van der Waals surface area (Å²) in [4.78, 5) is 0. The van der Waals surface area contributed by atoms with Gasteiger partial charge in [-0.2, -0.15) is 0 Å². The first-order valence-electron chi connectivity index (χ1n) is 7.45. The van der Waals surface area contributed by atoms with Gasteiger partial charge in [-0.25, -0.2) is 0 Å². The molecule has 2 aliphatic rings. The van der Waals surface area contributed by atoms with Crippen LogP contribution in [0.3, 0.4) is 0 Å². The molecule has 2 aromatic rings. The Hall–Kier alpha value is -2.34. The lowest BCUT2D eigenvalue weighted by Crippen LogP contribution is -1.91. The van der Waals surface area contributed by atoms with Crippen molar-refractivity contribution in [3.63, 3.8) is 0 Å². The molecule has 0 heteroatoms. The summed E-state index contributed by atoms with van der Waals surface area (Å²) in [6.45, 7) is 2.25. The van der Waals surface area contributed by atoms with E-state index in [9.17, 15) is 0 Å². The summed E-state index contributed by atoms with van der Waals surface area (Å²) >= 11 is 0. The van der Waals surface area contributed by atoms with E-state index >= 15 is 0 Å². The van der Waals surface area contributed by atoms with Crippen molar-refractivity contribution in [3.8, 4) is 0 Å². The molecule has 0 N–H and O–H groups in total. The monoisotopic (exact) mass is 269 g/mol. The average Bonchev–Trinajstić information content (AvgIpc) is 3.16. The van der Waals surface area contributed by atoms with E-state index in [1.54, 1.807) is 0 Å². The van der Waals surface area contributed by atoms with Crippen LogP contribution < -0.4 is 0 Å². The van der Waals surface area contributed by atoms with E-state index in [2.05, 4.69) is 80.1 Å². The molecule has 0 amide bonds. The Morgan fingerprint density at radius 2 is 1.76 bits per heavy atom. The van der Waals surface area contributed by atoms with Crippen LogP contribution in [0, 0.1) is 6.42 Å². The topological polar surface area (TPSA) is 0 Å². The molecule has 1 radical (unpaired) electrons. The summed E-state index contributed by atoms with van der Waals surface area (Å²) in [5, 5.41) is 0. The van der Waals surface area contributed by atoms with Crippen molar-refractivity contribution in [2.45, 2.75) is 13.3 Å². The normalized spacial score (nSPS) is 16.3. The van der Waals surface area contributed by atoms with Crippen molar-refractivity contribution in [3.05, 3.63) is 95.4 Å². The van der Waals surface area contributed by atoms with Gasteiger partial charge < -0.3 is 0 Å². The van der Waals surface area contributed by atoms with Crippen molar-refractivity contribution in [2.75, 3.05) is 0 Å². The van der Waals surface area contributed by atoms with Crippen LogP contribution >= 0.6 is 0 Å². The summed E-state index contributed by atoms with van der Waals surface area (Å²) in [7, 11) is 0. The summed E-state index contributed by atoms with van der Waals surface area (Å²) in [5.41, 5.74) is 9.61. The van der Waals surface area contributed by atoms with Crippen LogP contribution in [0.25, 0.3) is 16.7 Å². The zero-order valence-corrected chi connectivity index (χ0v) is 12.1. The van der Waals surface area contributed by atoms with Gasteiger partial charge in [-0.15, -0.1) is 0 Å². The number of hydrogen-bond acceptors (Lipinski definition) is 0. The largest absolute Gasteiger partial charge is 0.0801 e. The summed E-state index contributed by atoms with van der Waals surface area (Å²) in [6, 6.07) is 17.3. The molecule has 21 heavy (non-hydrogen) atoms. The van der Waals surface area contributed by atoms with E-state index in [1.165, 1.54) is 39.0 Å². The second kappa shape index (κ2) is 4.89. The second-order valence-electron chi connectivity index (χ2n) is 5.64. The van der Waals surface area contributed by atoms with Gasteiger partial charge in [0.25, 0.3) is 0 Å². The van der Waals surface area contributed by atoms with Gasteiger partial charge in [0.1, 0.15) is 0 Å². The van der Waals surface area contributed by atoms with Crippen molar-refractivity contribution in [2.24, 2.45) is 0 Å². The molecule has 0 aliphatic heterocycles. The Morgan fingerprint density at radius 1 is 0.905 bits per heavy atom. The first-order chi connectivity index (χ1) is 10.3. The van der Waals surface area contributed by atoms with E-state index in [0.29, 0.717) is 0 Å². The van der Waals surface area contributed by atoms with Gasteiger partial charge in [0.05, 0.1) is 0 Å². The molecule has 0 atom stereocenters. The summed E-state index contributed by atoms with van der Waals surface area (Å²) < 4.78 is 0. The van der Waals surface area contributed by atoms with E-state index < -0.39 is 0 Å². The van der Waals surface area contributed by atoms with Crippen molar-refractivity contribution < 1.29 is 0 Å². The molecule has 0 unspecified atom stereocenters. The van der Waals surface area contributed by atoms with Crippen molar-refractivity contribution in [1.29, 1.82) is 0 Å². The fourth-order valence-corrected chi connectivity index (χ4v) is 3.34. The Bertz CT molecular complexity index is 786. The zero-order chi connectivity index (χ0) is 14.2. The molecule has 2 aliphatic carbocycles. The molecule has 4 rings (SSSR count). The minimum atomic E-state index is 1.05. The Balaban J connectivity index is 1.86. The molecule has 0 heterocycles. The predicted octanol–water partition coefficient (Wildman–Crippen LogP) is 5.53. The van der Waals surface area contributed by atoms with Gasteiger partial charge in [0.2, 0.25) is 0 Å². The minimum Gasteiger partial charge on any atom is -0.0801 e. The molecular formula is C21H17. The number of hydrogen-bond donors (Lipinski definition) is 0. The fourth-order valence-electron chi connectivity index (χ4n) is 3.34. The molecule has 0 aromatic heterocycles. The Labute approximate surface area is 126 Å². The molecule has 0 fully saturated rings. The summed E-state index contributed by atoms with van der Waals surface area (Å²) in [5.74, 6) is 0. The third-order valence-corrected chi connectivity index (χ3v) is 4.38. The van der Waals surface area contributed by atoms with E-state index in [0.717, 1.165) is 6.42 Å². The maximum Gasteiger partial charge on any atom is 0.0214 e. The van der Waals surface area contributed by atoms with Gasteiger partial charge in [-0.05, 0) is 52.3 Å².